The molecule has 1 amide bonds. The molecule has 0 bridgehead atoms. The Morgan fingerprint density at radius 2 is 1.93 bits per heavy atom. The molecule has 5 aromatic rings. The van der Waals surface area contributed by atoms with Crippen LogP contribution in [0.4, 0.5) is 5.69 Å². The maximum absolute atomic E-state index is 13.3. The minimum absolute atomic E-state index is 0.130. The number of hydrogen-bond acceptors (Lipinski definition) is 5. The van der Waals surface area contributed by atoms with Crippen LogP contribution in [0.5, 0.6) is 5.75 Å². The molecule has 0 saturated heterocycles. The van der Waals surface area contributed by atoms with Crippen molar-refractivity contribution in [2.24, 2.45) is 0 Å². The molecule has 1 N–H and O–H groups in total. The zero-order valence-corrected chi connectivity index (χ0v) is 23.9. The van der Waals surface area contributed by atoms with Gasteiger partial charge in [0.15, 0.2) is 0 Å². The number of carbonyl (C=O) groups excluding carboxylic acids is 1. The van der Waals surface area contributed by atoms with Gasteiger partial charge in [0, 0.05) is 30.4 Å². The van der Waals surface area contributed by atoms with Gasteiger partial charge in [-0.3, -0.25) is 9.48 Å². The maximum Gasteiger partial charge on any atom is 0.347 e. The van der Waals surface area contributed by atoms with Gasteiger partial charge in [0.05, 0.1) is 25.0 Å². The SMILES string of the molecule is Cc1cccc(OCCCC(=O)N2CCCc3c(-c4cnn(Cc5cccc(-n6cn[nH]c6=O)c5)c4)cccc32)c1C. The summed E-state index contributed by atoms with van der Waals surface area (Å²) in [7, 11) is 0. The third-order valence-electron chi connectivity index (χ3n) is 7.93. The van der Waals surface area contributed by atoms with Crippen molar-refractivity contribution < 1.29 is 9.53 Å². The van der Waals surface area contributed by atoms with Crippen molar-refractivity contribution in [3.05, 3.63) is 112 Å². The largest absolute Gasteiger partial charge is 0.493 e. The number of nitrogens with zero attached hydrogens (tertiary/aromatic N) is 5. The van der Waals surface area contributed by atoms with Crippen LogP contribution in [0.15, 0.2) is 84.2 Å². The van der Waals surface area contributed by atoms with E-state index in [-0.39, 0.29) is 11.6 Å². The number of aromatic nitrogens is 5. The molecule has 42 heavy (non-hydrogen) atoms. The van der Waals surface area contributed by atoms with E-state index in [1.54, 1.807) is 0 Å². The average molecular weight is 563 g/mol. The minimum Gasteiger partial charge on any atom is -0.493 e. The molecule has 2 aromatic heterocycles. The number of amides is 1. The number of ether oxygens (including phenoxy) is 1. The molecule has 1 aliphatic heterocycles. The van der Waals surface area contributed by atoms with E-state index in [1.807, 2.05) is 64.4 Å². The fourth-order valence-electron chi connectivity index (χ4n) is 5.59. The lowest BCUT2D eigenvalue weighted by Crippen LogP contribution is -2.35. The first kappa shape index (κ1) is 27.3. The van der Waals surface area contributed by atoms with Crippen molar-refractivity contribution in [1.82, 2.24) is 24.5 Å². The topological polar surface area (TPSA) is 98.0 Å². The summed E-state index contributed by atoms with van der Waals surface area (Å²) in [6, 6.07) is 20.0. The zero-order chi connectivity index (χ0) is 29.1. The molecular weight excluding hydrogens is 528 g/mol. The fourth-order valence-corrected chi connectivity index (χ4v) is 5.59. The Labute approximate surface area is 244 Å². The second-order valence-electron chi connectivity index (χ2n) is 10.7. The van der Waals surface area contributed by atoms with E-state index in [4.69, 9.17) is 4.74 Å². The first-order valence-corrected chi connectivity index (χ1v) is 14.3. The molecule has 1 aliphatic rings. The summed E-state index contributed by atoms with van der Waals surface area (Å²) in [5.74, 6) is 1.02. The number of fused-ring (bicyclic) bond motifs is 1. The second-order valence-corrected chi connectivity index (χ2v) is 10.7. The quantitative estimate of drug-likeness (QED) is 0.248. The standard InChI is InChI=1S/C33H34N6O3/c1-23-8-3-14-31(24(23)2)42-17-7-15-32(40)38-16-6-12-29-28(11-5-13-30(29)38)26-19-35-37(21-26)20-25-9-4-10-27(18-25)39-22-34-36-33(39)41/h3-5,8-11,13-14,18-19,21-22H,6-7,12,15-17,20H2,1-2H3,(H,36,41). The van der Waals surface area contributed by atoms with Crippen molar-refractivity contribution in [2.45, 2.75) is 46.1 Å². The predicted octanol–water partition coefficient (Wildman–Crippen LogP) is 5.23. The lowest BCUT2D eigenvalue weighted by molar-refractivity contribution is -0.118. The number of benzene rings is 3. The van der Waals surface area contributed by atoms with Crippen LogP contribution in [0.1, 0.15) is 41.5 Å². The highest BCUT2D eigenvalue weighted by molar-refractivity contribution is 5.96. The molecule has 9 nitrogen and oxygen atoms in total. The molecule has 0 spiro atoms. The van der Waals surface area contributed by atoms with Gasteiger partial charge in [0.1, 0.15) is 12.1 Å². The molecule has 9 heteroatoms. The van der Waals surface area contributed by atoms with Gasteiger partial charge in [-0.25, -0.2) is 14.5 Å². The molecule has 6 rings (SSSR count). The van der Waals surface area contributed by atoms with E-state index < -0.39 is 0 Å². The van der Waals surface area contributed by atoms with E-state index in [9.17, 15) is 9.59 Å². The lowest BCUT2D eigenvalue weighted by Gasteiger charge is -2.31. The Hall–Kier alpha value is -4.92. The summed E-state index contributed by atoms with van der Waals surface area (Å²) in [6.45, 7) is 5.93. The molecule has 0 saturated carbocycles. The average Bonchev–Trinajstić information content (AvgIpc) is 3.65. The van der Waals surface area contributed by atoms with Crippen LogP contribution in [-0.4, -0.2) is 43.6 Å². The van der Waals surface area contributed by atoms with Gasteiger partial charge < -0.3 is 9.64 Å². The van der Waals surface area contributed by atoms with Crippen LogP contribution < -0.4 is 15.3 Å². The zero-order valence-electron chi connectivity index (χ0n) is 23.9. The second kappa shape index (κ2) is 11.9. The monoisotopic (exact) mass is 562 g/mol. The van der Waals surface area contributed by atoms with Gasteiger partial charge in [-0.1, -0.05) is 36.4 Å². The predicted molar refractivity (Wildman–Crippen MR) is 162 cm³/mol. The smallest absolute Gasteiger partial charge is 0.347 e. The minimum atomic E-state index is -0.277. The number of carbonyl (C=O) groups is 1. The normalized spacial score (nSPS) is 12.8. The first-order valence-electron chi connectivity index (χ1n) is 14.3. The van der Waals surface area contributed by atoms with Gasteiger partial charge in [-0.2, -0.15) is 10.2 Å². The van der Waals surface area contributed by atoms with Gasteiger partial charge in [-0.15, -0.1) is 0 Å². The van der Waals surface area contributed by atoms with Gasteiger partial charge in [0.25, 0.3) is 0 Å². The molecule has 0 atom stereocenters. The Bertz CT molecular complexity index is 1780. The van der Waals surface area contributed by atoms with Crippen LogP contribution in [-0.2, 0) is 17.8 Å². The summed E-state index contributed by atoms with van der Waals surface area (Å²) in [6.07, 6.45) is 8.33. The van der Waals surface area contributed by atoms with Crippen LogP contribution >= 0.6 is 0 Å². The molecular formula is C33H34N6O3. The first-order chi connectivity index (χ1) is 20.5. The fraction of sp³-hybridized carbons (Fsp3) is 0.273. The number of anilines is 1. The summed E-state index contributed by atoms with van der Waals surface area (Å²) >= 11 is 0. The number of H-pyrrole nitrogens is 1. The number of aryl methyl sites for hydroxylation is 1. The van der Waals surface area contributed by atoms with Crippen molar-refractivity contribution in [3.63, 3.8) is 0 Å². The number of rotatable bonds is 9. The molecule has 0 aliphatic carbocycles. The number of aromatic amines is 1. The third-order valence-corrected chi connectivity index (χ3v) is 7.93. The van der Waals surface area contributed by atoms with Gasteiger partial charge in [0.2, 0.25) is 5.91 Å². The van der Waals surface area contributed by atoms with E-state index in [0.29, 0.717) is 26.0 Å². The highest BCUT2D eigenvalue weighted by atomic mass is 16.5. The van der Waals surface area contributed by atoms with Crippen LogP contribution in [0.2, 0.25) is 0 Å². The highest BCUT2D eigenvalue weighted by Gasteiger charge is 2.24. The van der Waals surface area contributed by atoms with E-state index in [1.165, 1.54) is 22.0 Å². The Morgan fingerprint density at radius 3 is 2.79 bits per heavy atom. The number of nitrogens with one attached hydrogen (secondary N) is 1. The molecule has 214 valence electrons. The molecule has 3 aromatic carbocycles. The van der Waals surface area contributed by atoms with E-state index >= 15 is 0 Å². The molecule has 0 fully saturated rings. The molecule has 3 heterocycles. The summed E-state index contributed by atoms with van der Waals surface area (Å²) < 4.78 is 9.35. The van der Waals surface area contributed by atoms with Gasteiger partial charge in [-0.05, 0) is 85.2 Å². The van der Waals surface area contributed by atoms with Crippen LogP contribution in [0.25, 0.3) is 16.8 Å². The third kappa shape index (κ3) is 5.63. The van der Waals surface area contributed by atoms with E-state index in [2.05, 4.69) is 47.3 Å². The highest BCUT2D eigenvalue weighted by Crippen LogP contribution is 2.36. The number of hydrogen-bond donors (Lipinski definition) is 1. The molecule has 0 unspecified atom stereocenters. The van der Waals surface area contributed by atoms with E-state index in [0.717, 1.165) is 58.8 Å². The van der Waals surface area contributed by atoms with Crippen molar-refractivity contribution in [3.8, 4) is 22.6 Å². The molecule has 0 radical (unpaired) electrons. The van der Waals surface area contributed by atoms with Crippen molar-refractivity contribution in [1.29, 1.82) is 0 Å². The van der Waals surface area contributed by atoms with Crippen LogP contribution in [0.3, 0.4) is 0 Å². The van der Waals surface area contributed by atoms with Crippen LogP contribution in [0, 0.1) is 13.8 Å². The van der Waals surface area contributed by atoms with Crippen molar-refractivity contribution >= 4 is 11.6 Å². The Morgan fingerprint density at radius 1 is 1.07 bits per heavy atom. The maximum atomic E-state index is 13.3. The Balaban J connectivity index is 1.13. The summed E-state index contributed by atoms with van der Waals surface area (Å²) in [4.78, 5) is 27.2. The van der Waals surface area contributed by atoms with Crippen molar-refractivity contribution in [2.75, 3.05) is 18.1 Å². The van der Waals surface area contributed by atoms with Gasteiger partial charge >= 0.3 is 5.69 Å². The lowest BCUT2D eigenvalue weighted by atomic mass is 9.93. The Kier molecular flexibility index (Phi) is 7.72. The summed E-state index contributed by atoms with van der Waals surface area (Å²) in [5, 5.41) is 10.9. The summed E-state index contributed by atoms with van der Waals surface area (Å²) in [5.41, 5.74) is 8.13.